The molecule has 0 amide bonds. The lowest BCUT2D eigenvalue weighted by atomic mass is 9.98. The molecule has 0 fully saturated rings. The average Bonchev–Trinajstić information content (AvgIpc) is 2.55. The van der Waals surface area contributed by atoms with E-state index in [0.717, 1.165) is 12.0 Å². The van der Waals surface area contributed by atoms with Crippen molar-refractivity contribution >= 4 is 0 Å². The van der Waals surface area contributed by atoms with Crippen molar-refractivity contribution in [2.75, 3.05) is 0 Å². The van der Waals surface area contributed by atoms with Gasteiger partial charge in [0, 0.05) is 12.1 Å². The summed E-state index contributed by atoms with van der Waals surface area (Å²) in [6, 6.07) is 18.9. The minimum atomic E-state index is -0.483. The molecule has 0 radical (unpaired) electrons. The SMILES string of the molecule is CCC(C)NC(C)C(O)c1ccc(-c2ccccc2)cc1. The predicted molar refractivity (Wildman–Crippen MR) is 89.2 cm³/mol. The molecule has 3 atom stereocenters. The van der Waals surface area contributed by atoms with Gasteiger partial charge in [-0.05, 0) is 37.0 Å². The van der Waals surface area contributed by atoms with Crippen molar-refractivity contribution < 1.29 is 5.11 Å². The van der Waals surface area contributed by atoms with Crippen molar-refractivity contribution in [2.24, 2.45) is 0 Å². The monoisotopic (exact) mass is 283 g/mol. The Morgan fingerprint density at radius 3 is 2.05 bits per heavy atom. The second-order valence-electron chi connectivity index (χ2n) is 5.70. The first kappa shape index (κ1) is 15.7. The van der Waals surface area contributed by atoms with Crippen molar-refractivity contribution in [1.29, 1.82) is 0 Å². The maximum atomic E-state index is 10.4. The van der Waals surface area contributed by atoms with Gasteiger partial charge in [-0.2, -0.15) is 0 Å². The summed E-state index contributed by atoms with van der Waals surface area (Å²) in [4.78, 5) is 0. The van der Waals surface area contributed by atoms with Gasteiger partial charge in [0.1, 0.15) is 0 Å². The Morgan fingerprint density at radius 1 is 0.905 bits per heavy atom. The van der Waals surface area contributed by atoms with Gasteiger partial charge in [-0.15, -0.1) is 0 Å². The smallest absolute Gasteiger partial charge is 0.0940 e. The average molecular weight is 283 g/mol. The summed E-state index contributed by atoms with van der Waals surface area (Å²) in [6.45, 7) is 6.31. The van der Waals surface area contributed by atoms with Crippen molar-refractivity contribution in [3.63, 3.8) is 0 Å². The van der Waals surface area contributed by atoms with E-state index in [0.29, 0.717) is 6.04 Å². The third-order valence-electron chi connectivity index (χ3n) is 3.99. The molecule has 0 spiro atoms. The molecule has 0 saturated heterocycles. The minimum Gasteiger partial charge on any atom is -0.387 e. The lowest BCUT2D eigenvalue weighted by Gasteiger charge is -2.24. The number of hydrogen-bond acceptors (Lipinski definition) is 2. The Kier molecular flexibility index (Phi) is 5.54. The van der Waals surface area contributed by atoms with Gasteiger partial charge >= 0.3 is 0 Å². The zero-order chi connectivity index (χ0) is 15.2. The van der Waals surface area contributed by atoms with Crippen LogP contribution in [0.5, 0.6) is 0 Å². The van der Waals surface area contributed by atoms with Crippen LogP contribution in [-0.4, -0.2) is 17.2 Å². The topological polar surface area (TPSA) is 32.3 Å². The lowest BCUT2D eigenvalue weighted by molar-refractivity contribution is 0.130. The van der Waals surface area contributed by atoms with Gasteiger partial charge in [0.2, 0.25) is 0 Å². The number of aliphatic hydroxyl groups excluding tert-OH is 1. The summed E-state index contributed by atoms with van der Waals surface area (Å²) in [5.74, 6) is 0. The van der Waals surface area contributed by atoms with Crippen LogP contribution in [0.25, 0.3) is 11.1 Å². The fourth-order valence-corrected chi connectivity index (χ4v) is 2.45. The molecule has 21 heavy (non-hydrogen) atoms. The van der Waals surface area contributed by atoms with Gasteiger partial charge in [-0.25, -0.2) is 0 Å². The van der Waals surface area contributed by atoms with Crippen molar-refractivity contribution in [1.82, 2.24) is 5.32 Å². The van der Waals surface area contributed by atoms with Crippen LogP contribution in [0, 0.1) is 0 Å². The van der Waals surface area contributed by atoms with E-state index in [9.17, 15) is 5.11 Å². The largest absolute Gasteiger partial charge is 0.387 e. The predicted octanol–water partition coefficient (Wildman–Crippen LogP) is 4.16. The standard InChI is InChI=1S/C19H25NO/c1-4-14(2)20-15(3)19(21)18-12-10-17(11-13-18)16-8-6-5-7-9-16/h5-15,19-21H,4H2,1-3H3. The van der Waals surface area contributed by atoms with Crippen molar-refractivity contribution in [3.8, 4) is 11.1 Å². The molecule has 2 aromatic carbocycles. The number of hydrogen-bond donors (Lipinski definition) is 2. The van der Waals surface area contributed by atoms with E-state index >= 15 is 0 Å². The van der Waals surface area contributed by atoms with Crippen LogP contribution in [0.2, 0.25) is 0 Å². The molecule has 0 aliphatic rings. The van der Waals surface area contributed by atoms with E-state index in [1.54, 1.807) is 0 Å². The van der Waals surface area contributed by atoms with Gasteiger partial charge in [0.15, 0.2) is 0 Å². The zero-order valence-corrected chi connectivity index (χ0v) is 13.1. The molecular formula is C19H25NO. The first-order valence-electron chi connectivity index (χ1n) is 7.71. The fraction of sp³-hybridized carbons (Fsp3) is 0.368. The van der Waals surface area contributed by atoms with E-state index in [1.807, 2.05) is 37.3 Å². The number of rotatable bonds is 6. The van der Waals surface area contributed by atoms with Crippen LogP contribution in [0.4, 0.5) is 0 Å². The van der Waals surface area contributed by atoms with Crippen LogP contribution in [0.3, 0.4) is 0 Å². The fourth-order valence-electron chi connectivity index (χ4n) is 2.45. The highest BCUT2D eigenvalue weighted by Gasteiger charge is 2.17. The van der Waals surface area contributed by atoms with E-state index in [4.69, 9.17) is 0 Å². The first-order valence-corrected chi connectivity index (χ1v) is 7.71. The third kappa shape index (κ3) is 4.16. The Morgan fingerprint density at radius 2 is 1.48 bits per heavy atom. The molecule has 2 aromatic rings. The van der Waals surface area contributed by atoms with E-state index in [-0.39, 0.29) is 6.04 Å². The minimum absolute atomic E-state index is 0.0440. The summed E-state index contributed by atoms with van der Waals surface area (Å²) < 4.78 is 0. The molecule has 0 aliphatic heterocycles. The second kappa shape index (κ2) is 7.39. The van der Waals surface area contributed by atoms with Crippen LogP contribution in [-0.2, 0) is 0 Å². The number of aliphatic hydroxyl groups is 1. The molecule has 2 heteroatoms. The zero-order valence-electron chi connectivity index (χ0n) is 13.1. The Balaban J connectivity index is 2.08. The molecular weight excluding hydrogens is 258 g/mol. The van der Waals surface area contributed by atoms with E-state index in [2.05, 4.69) is 43.4 Å². The highest BCUT2D eigenvalue weighted by atomic mass is 16.3. The van der Waals surface area contributed by atoms with Crippen LogP contribution < -0.4 is 5.32 Å². The van der Waals surface area contributed by atoms with Crippen LogP contribution >= 0.6 is 0 Å². The summed E-state index contributed by atoms with van der Waals surface area (Å²) in [6.07, 6.45) is 0.577. The quantitative estimate of drug-likeness (QED) is 0.834. The second-order valence-corrected chi connectivity index (χ2v) is 5.70. The van der Waals surface area contributed by atoms with Gasteiger partial charge in [0.05, 0.1) is 6.10 Å². The highest BCUT2D eigenvalue weighted by Crippen LogP contribution is 2.23. The lowest BCUT2D eigenvalue weighted by Crippen LogP contribution is -2.38. The van der Waals surface area contributed by atoms with E-state index in [1.165, 1.54) is 11.1 Å². The summed E-state index contributed by atoms with van der Waals surface area (Å²) in [5, 5.41) is 13.9. The molecule has 3 unspecified atom stereocenters. The molecule has 2 nitrogen and oxygen atoms in total. The maximum absolute atomic E-state index is 10.4. The molecule has 2 rings (SSSR count). The summed E-state index contributed by atoms with van der Waals surface area (Å²) in [7, 11) is 0. The summed E-state index contributed by atoms with van der Waals surface area (Å²) in [5.41, 5.74) is 3.33. The normalized spacial score (nSPS) is 15.4. The van der Waals surface area contributed by atoms with Crippen molar-refractivity contribution in [2.45, 2.75) is 45.4 Å². The molecule has 0 saturated carbocycles. The van der Waals surface area contributed by atoms with Crippen LogP contribution in [0.15, 0.2) is 54.6 Å². The van der Waals surface area contributed by atoms with Gasteiger partial charge < -0.3 is 10.4 Å². The maximum Gasteiger partial charge on any atom is 0.0940 e. The van der Waals surface area contributed by atoms with Crippen LogP contribution in [0.1, 0.15) is 38.9 Å². The molecule has 0 heterocycles. The third-order valence-corrected chi connectivity index (χ3v) is 3.99. The van der Waals surface area contributed by atoms with Crippen molar-refractivity contribution in [3.05, 3.63) is 60.2 Å². The molecule has 0 bridgehead atoms. The Bertz CT molecular complexity index is 535. The molecule has 112 valence electrons. The number of benzene rings is 2. The molecule has 0 aromatic heterocycles. The summed E-state index contributed by atoms with van der Waals surface area (Å²) >= 11 is 0. The van der Waals surface area contributed by atoms with Gasteiger partial charge in [-0.3, -0.25) is 0 Å². The van der Waals surface area contributed by atoms with E-state index < -0.39 is 6.10 Å². The Labute approximate surface area is 127 Å². The molecule has 2 N–H and O–H groups in total. The molecule has 0 aliphatic carbocycles. The van der Waals surface area contributed by atoms with Gasteiger partial charge in [0.25, 0.3) is 0 Å². The highest BCUT2D eigenvalue weighted by molar-refractivity contribution is 5.63. The van der Waals surface area contributed by atoms with Gasteiger partial charge in [-0.1, -0.05) is 61.5 Å². The Hall–Kier alpha value is -1.64. The number of nitrogens with one attached hydrogen (secondary N) is 1. The first-order chi connectivity index (χ1) is 10.1.